The highest BCUT2D eigenvalue weighted by Crippen LogP contribution is 2.40. The molecule has 28 heavy (non-hydrogen) atoms. The molecule has 4 heteroatoms. The van der Waals surface area contributed by atoms with Crippen LogP contribution < -0.4 is 0 Å². The zero-order valence-electron chi connectivity index (χ0n) is 15.2. The molecular weight excluding hydrogens is 344 g/mol. The summed E-state index contributed by atoms with van der Waals surface area (Å²) < 4.78 is 0. The van der Waals surface area contributed by atoms with Gasteiger partial charge in [-0.05, 0) is 35.9 Å². The molecule has 0 saturated carbocycles. The molecule has 4 rings (SSSR count). The summed E-state index contributed by atoms with van der Waals surface area (Å²) in [6, 6.07) is 35.3. The molecule has 0 heterocycles. The van der Waals surface area contributed by atoms with Gasteiger partial charge in [0.1, 0.15) is 11.4 Å². The maximum Gasteiger partial charge on any atom is 0.121 e. The first-order valence-electron chi connectivity index (χ1n) is 9.02. The molecule has 0 aliphatic heterocycles. The van der Waals surface area contributed by atoms with Crippen LogP contribution in [0.4, 0.5) is 22.7 Å². The standard InChI is InChI=1S/C24H18N4/c1-4-11-19(12-5-1)22-17-10-18-23(27-25-20-13-6-2-7-14-20)24(22)28-26-21-15-8-3-9-16-21/h1-18H. The van der Waals surface area contributed by atoms with E-state index in [1.165, 1.54) is 0 Å². The van der Waals surface area contributed by atoms with Crippen LogP contribution in [0, 0.1) is 0 Å². The highest BCUT2D eigenvalue weighted by Gasteiger charge is 2.10. The van der Waals surface area contributed by atoms with Gasteiger partial charge in [0.15, 0.2) is 0 Å². The largest absolute Gasteiger partial charge is 0.150 e. The van der Waals surface area contributed by atoms with E-state index in [1.807, 2.05) is 97.1 Å². The lowest BCUT2D eigenvalue weighted by molar-refractivity contribution is 1.18. The van der Waals surface area contributed by atoms with Crippen molar-refractivity contribution in [1.82, 2.24) is 0 Å². The second-order valence-electron chi connectivity index (χ2n) is 6.11. The van der Waals surface area contributed by atoms with E-state index in [-0.39, 0.29) is 0 Å². The fourth-order valence-electron chi connectivity index (χ4n) is 2.78. The molecule has 0 aliphatic rings. The summed E-state index contributed by atoms with van der Waals surface area (Å²) in [6.45, 7) is 0. The van der Waals surface area contributed by atoms with E-state index in [9.17, 15) is 0 Å². The van der Waals surface area contributed by atoms with Crippen molar-refractivity contribution in [3.05, 3.63) is 109 Å². The van der Waals surface area contributed by atoms with Crippen LogP contribution in [0.5, 0.6) is 0 Å². The van der Waals surface area contributed by atoms with E-state index >= 15 is 0 Å². The van der Waals surface area contributed by atoms with Gasteiger partial charge < -0.3 is 0 Å². The number of benzene rings is 4. The van der Waals surface area contributed by atoms with Gasteiger partial charge in [-0.3, -0.25) is 0 Å². The fraction of sp³-hybridized carbons (Fsp3) is 0. The first kappa shape index (κ1) is 17.5. The van der Waals surface area contributed by atoms with Crippen molar-refractivity contribution < 1.29 is 0 Å². The van der Waals surface area contributed by atoms with Crippen molar-refractivity contribution in [3.63, 3.8) is 0 Å². The summed E-state index contributed by atoms with van der Waals surface area (Å²) in [4.78, 5) is 0. The third-order valence-corrected chi connectivity index (χ3v) is 4.15. The number of hydrogen-bond donors (Lipinski definition) is 0. The molecule has 0 saturated heterocycles. The molecule has 0 bridgehead atoms. The van der Waals surface area contributed by atoms with E-state index in [2.05, 4.69) is 32.6 Å². The van der Waals surface area contributed by atoms with E-state index < -0.39 is 0 Å². The molecule has 4 aromatic rings. The van der Waals surface area contributed by atoms with Gasteiger partial charge in [0.25, 0.3) is 0 Å². The maximum atomic E-state index is 4.54. The Kier molecular flexibility index (Phi) is 5.40. The van der Waals surface area contributed by atoms with Crippen molar-refractivity contribution >= 4 is 22.7 Å². The van der Waals surface area contributed by atoms with Gasteiger partial charge in [-0.25, -0.2) is 0 Å². The zero-order chi connectivity index (χ0) is 19.0. The molecule has 0 unspecified atom stereocenters. The summed E-state index contributed by atoms with van der Waals surface area (Å²) in [7, 11) is 0. The van der Waals surface area contributed by atoms with Crippen molar-refractivity contribution in [1.29, 1.82) is 0 Å². The molecule has 0 amide bonds. The Hall–Kier alpha value is -3.92. The average molecular weight is 362 g/mol. The Bertz CT molecular complexity index is 1090. The van der Waals surface area contributed by atoms with Crippen LogP contribution in [0.15, 0.2) is 130 Å². The molecular formula is C24H18N4. The van der Waals surface area contributed by atoms with Gasteiger partial charge >= 0.3 is 0 Å². The molecule has 4 aromatic carbocycles. The summed E-state index contributed by atoms with van der Waals surface area (Å²) in [5, 5.41) is 17.7. The van der Waals surface area contributed by atoms with Gasteiger partial charge in [0.05, 0.1) is 11.4 Å². The Morgan fingerprint density at radius 1 is 0.393 bits per heavy atom. The quantitative estimate of drug-likeness (QED) is 0.321. The summed E-state index contributed by atoms with van der Waals surface area (Å²) in [6.07, 6.45) is 0. The zero-order valence-corrected chi connectivity index (χ0v) is 15.2. The van der Waals surface area contributed by atoms with Gasteiger partial charge in [-0.15, -0.1) is 10.2 Å². The van der Waals surface area contributed by atoms with Crippen molar-refractivity contribution in [2.75, 3.05) is 0 Å². The molecule has 0 atom stereocenters. The predicted octanol–water partition coefficient (Wildman–Crippen LogP) is 8.18. The Morgan fingerprint density at radius 2 is 0.929 bits per heavy atom. The van der Waals surface area contributed by atoms with Crippen LogP contribution in [-0.4, -0.2) is 0 Å². The minimum Gasteiger partial charge on any atom is -0.150 e. The third-order valence-electron chi connectivity index (χ3n) is 4.15. The van der Waals surface area contributed by atoms with Crippen LogP contribution in [0.3, 0.4) is 0 Å². The Labute approximate surface area is 163 Å². The molecule has 0 aromatic heterocycles. The monoisotopic (exact) mass is 362 g/mol. The van der Waals surface area contributed by atoms with E-state index in [1.54, 1.807) is 0 Å². The highest BCUT2D eigenvalue weighted by atomic mass is 15.2. The minimum atomic E-state index is 0.671. The number of rotatable bonds is 5. The van der Waals surface area contributed by atoms with Crippen LogP contribution >= 0.6 is 0 Å². The van der Waals surface area contributed by atoms with Crippen LogP contribution in [-0.2, 0) is 0 Å². The van der Waals surface area contributed by atoms with Gasteiger partial charge in [0.2, 0.25) is 0 Å². The van der Waals surface area contributed by atoms with E-state index in [0.29, 0.717) is 11.4 Å². The summed E-state index contributed by atoms with van der Waals surface area (Å²) in [5.41, 5.74) is 4.96. The van der Waals surface area contributed by atoms with Crippen LogP contribution in [0.1, 0.15) is 0 Å². The van der Waals surface area contributed by atoms with Gasteiger partial charge in [-0.1, -0.05) is 78.9 Å². The van der Waals surface area contributed by atoms with Crippen molar-refractivity contribution in [3.8, 4) is 11.1 Å². The lowest BCUT2D eigenvalue weighted by Crippen LogP contribution is -1.79. The predicted molar refractivity (Wildman–Crippen MR) is 113 cm³/mol. The summed E-state index contributed by atoms with van der Waals surface area (Å²) in [5.74, 6) is 0. The number of hydrogen-bond acceptors (Lipinski definition) is 4. The van der Waals surface area contributed by atoms with Gasteiger partial charge in [0, 0.05) is 5.56 Å². The third kappa shape index (κ3) is 4.24. The second kappa shape index (κ2) is 8.64. The topological polar surface area (TPSA) is 49.4 Å². The smallest absolute Gasteiger partial charge is 0.121 e. The normalized spacial score (nSPS) is 11.3. The SMILES string of the molecule is c1ccc(N=Nc2cccc(-c3ccccc3)c2N=Nc2ccccc2)cc1. The molecule has 0 aliphatic carbocycles. The lowest BCUT2D eigenvalue weighted by atomic mass is 10.0. The van der Waals surface area contributed by atoms with Crippen molar-refractivity contribution in [2.24, 2.45) is 20.5 Å². The lowest BCUT2D eigenvalue weighted by Gasteiger charge is -2.07. The van der Waals surface area contributed by atoms with Crippen LogP contribution in [0.2, 0.25) is 0 Å². The first-order valence-corrected chi connectivity index (χ1v) is 9.02. The maximum absolute atomic E-state index is 4.54. The highest BCUT2D eigenvalue weighted by molar-refractivity contribution is 5.83. The first-order chi connectivity index (χ1) is 13.9. The second-order valence-corrected chi connectivity index (χ2v) is 6.11. The molecule has 0 radical (unpaired) electrons. The Morgan fingerprint density at radius 3 is 1.54 bits per heavy atom. The van der Waals surface area contributed by atoms with E-state index in [4.69, 9.17) is 0 Å². The fourth-order valence-corrected chi connectivity index (χ4v) is 2.78. The molecule has 0 fully saturated rings. The average Bonchev–Trinajstić information content (AvgIpc) is 2.78. The van der Waals surface area contributed by atoms with Crippen molar-refractivity contribution in [2.45, 2.75) is 0 Å². The molecule has 4 nitrogen and oxygen atoms in total. The minimum absolute atomic E-state index is 0.671. The van der Waals surface area contributed by atoms with Gasteiger partial charge in [-0.2, -0.15) is 10.2 Å². The number of azo groups is 2. The molecule has 0 spiro atoms. The molecule has 0 N–H and O–H groups in total. The van der Waals surface area contributed by atoms with Crippen LogP contribution in [0.25, 0.3) is 11.1 Å². The molecule has 134 valence electrons. The van der Waals surface area contributed by atoms with E-state index in [0.717, 1.165) is 22.5 Å². The summed E-state index contributed by atoms with van der Waals surface area (Å²) >= 11 is 0. The number of nitrogens with zero attached hydrogens (tertiary/aromatic N) is 4. The Balaban J connectivity index is 1.79.